The molecule has 0 radical (unpaired) electrons. The molecule has 0 saturated carbocycles. The number of hydrogen-bond donors (Lipinski definition) is 3. The van der Waals surface area contributed by atoms with Gasteiger partial charge in [0.25, 0.3) is 0 Å². The summed E-state index contributed by atoms with van der Waals surface area (Å²) in [5, 5.41) is 17.7. The lowest BCUT2D eigenvalue weighted by Gasteiger charge is -2.40. The highest BCUT2D eigenvalue weighted by atomic mass is 16.5. The first-order chi connectivity index (χ1) is 18.0. The molecule has 0 aromatic carbocycles. The Bertz CT molecular complexity index is 1350. The molecule has 4 aliphatic heterocycles. The Morgan fingerprint density at radius 1 is 1.11 bits per heavy atom. The standard InChI is InChI=1S/C26H33N9O2/c1-16-23(27)26(15-37-16)7-11-33(12-8-26)21-13-28-22-24(30-21)31-32-25(22)35-9-2-3-18-19(35)4-5-20(29-18)34-10-6-17(36)14-34/h4-5,13,17,23,36H,1-3,6-12,14-15,27H2,(H,30,31,32)/t17-,23+/m0/s1. The Labute approximate surface area is 215 Å². The van der Waals surface area contributed by atoms with Crippen LogP contribution in [0.15, 0.2) is 30.7 Å². The molecule has 4 aliphatic rings. The van der Waals surface area contributed by atoms with Crippen LogP contribution in [0.5, 0.6) is 0 Å². The fourth-order valence-corrected chi connectivity index (χ4v) is 6.30. The van der Waals surface area contributed by atoms with Crippen LogP contribution in [0.1, 0.15) is 31.4 Å². The summed E-state index contributed by atoms with van der Waals surface area (Å²) < 4.78 is 5.68. The number of aliphatic hydroxyl groups is 1. The highest BCUT2D eigenvalue weighted by molar-refractivity contribution is 5.87. The molecule has 0 amide bonds. The summed E-state index contributed by atoms with van der Waals surface area (Å²) in [5.41, 5.74) is 9.95. The van der Waals surface area contributed by atoms with Crippen molar-refractivity contribution in [1.82, 2.24) is 25.1 Å². The minimum atomic E-state index is -0.270. The van der Waals surface area contributed by atoms with Crippen molar-refractivity contribution in [2.45, 2.75) is 44.2 Å². The van der Waals surface area contributed by atoms with Crippen molar-refractivity contribution < 1.29 is 9.84 Å². The summed E-state index contributed by atoms with van der Waals surface area (Å²) in [6.45, 7) is 8.66. The molecule has 194 valence electrons. The first kappa shape index (κ1) is 22.7. The second-order valence-corrected chi connectivity index (χ2v) is 10.8. The van der Waals surface area contributed by atoms with Crippen molar-refractivity contribution in [3.8, 4) is 0 Å². The van der Waals surface area contributed by atoms with Gasteiger partial charge in [-0.2, -0.15) is 5.10 Å². The van der Waals surface area contributed by atoms with Crippen LogP contribution in [0.3, 0.4) is 0 Å². The number of anilines is 4. The Balaban J connectivity index is 1.12. The van der Waals surface area contributed by atoms with Gasteiger partial charge in [-0.3, -0.25) is 5.10 Å². The van der Waals surface area contributed by atoms with Crippen LogP contribution in [0.2, 0.25) is 0 Å². The van der Waals surface area contributed by atoms with Crippen molar-refractivity contribution >= 4 is 34.3 Å². The van der Waals surface area contributed by atoms with E-state index in [1.807, 2.05) is 12.3 Å². The summed E-state index contributed by atoms with van der Waals surface area (Å²) >= 11 is 0. The average molecular weight is 504 g/mol. The lowest BCUT2D eigenvalue weighted by atomic mass is 9.74. The Morgan fingerprint density at radius 2 is 1.97 bits per heavy atom. The van der Waals surface area contributed by atoms with E-state index in [2.05, 4.69) is 37.5 Å². The van der Waals surface area contributed by atoms with Crippen LogP contribution in [0.4, 0.5) is 23.1 Å². The number of fused-ring (bicyclic) bond motifs is 2. The number of nitrogens with two attached hydrogens (primary N) is 1. The van der Waals surface area contributed by atoms with Crippen molar-refractivity contribution in [1.29, 1.82) is 0 Å². The number of nitrogens with one attached hydrogen (secondary N) is 1. The molecule has 2 atom stereocenters. The molecule has 0 aliphatic carbocycles. The largest absolute Gasteiger partial charge is 0.496 e. The number of H-pyrrole nitrogens is 1. The summed E-state index contributed by atoms with van der Waals surface area (Å²) in [5.74, 6) is 3.28. The first-order valence-electron chi connectivity index (χ1n) is 13.2. The van der Waals surface area contributed by atoms with Crippen LogP contribution in [0.25, 0.3) is 11.2 Å². The molecular weight excluding hydrogens is 470 g/mol. The van der Waals surface area contributed by atoms with Crippen LogP contribution < -0.4 is 20.4 Å². The molecule has 0 unspecified atom stereocenters. The lowest BCUT2D eigenvalue weighted by Crippen LogP contribution is -2.48. The quantitative estimate of drug-likeness (QED) is 0.486. The molecule has 0 bridgehead atoms. The third kappa shape index (κ3) is 3.71. The Kier molecular flexibility index (Phi) is 5.26. The van der Waals surface area contributed by atoms with Gasteiger partial charge in [-0.15, -0.1) is 0 Å². The van der Waals surface area contributed by atoms with E-state index >= 15 is 0 Å². The third-order valence-corrected chi connectivity index (χ3v) is 8.64. The minimum absolute atomic E-state index is 0.0175. The molecule has 7 heterocycles. The van der Waals surface area contributed by atoms with E-state index in [9.17, 15) is 5.11 Å². The van der Waals surface area contributed by atoms with Gasteiger partial charge in [-0.1, -0.05) is 6.58 Å². The maximum absolute atomic E-state index is 9.92. The third-order valence-electron chi connectivity index (χ3n) is 8.64. The van der Waals surface area contributed by atoms with Crippen LogP contribution in [0, 0.1) is 5.41 Å². The number of β-amino-alcohol motifs (C(OH)–C–C–N with tert-alkyl or cyclic N) is 1. The van der Waals surface area contributed by atoms with Crippen LogP contribution in [-0.2, 0) is 11.2 Å². The van der Waals surface area contributed by atoms with E-state index in [0.29, 0.717) is 24.6 Å². The van der Waals surface area contributed by atoms with E-state index in [4.69, 9.17) is 25.4 Å². The molecule has 1 spiro atoms. The SMILES string of the molecule is C=C1OCC2(CCN(c3cnc4c(N5CCCc6nc(N7CC[C@H](O)C7)ccc65)n[nH]c4n3)CC2)[C@@H]1N. The van der Waals surface area contributed by atoms with E-state index in [1.165, 1.54) is 0 Å². The Morgan fingerprint density at radius 3 is 2.73 bits per heavy atom. The van der Waals surface area contributed by atoms with Gasteiger partial charge in [0.15, 0.2) is 17.0 Å². The smallest absolute Gasteiger partial charge is 0.183 e. The number of aromatic nitrogens is 5. The normalized spacial score (nSPS) is 25.2. The van der Waals surface area contributed by atoms with E-state index < -0.39 is 0 Å². The highest BCUT2D eigenvalue weighted by Gasteiger charge is 2.47. The second kappa shape index (κ2) is 8.56. The molecule has 11 nitrogen and oxygen atoms in total. The number of aliphatic hydroxyl groups excluding tert-OH is 1. The number of nitrogens with zero attached hydrogens (tertiary/aromatic N) is 7. The van der Waals surface area contributed by atoms with Gasteiger partial charge in [-0.25, -0.2) is 15.0 Å². The number of ether oxygens (including phenoxy) is 1. The number of hydrogen-bond acceptors (Lipinski definition) is 10. The van der Waals surface area contributed by atoms with Crippen molar-refractivity contribution in [2.24, 2.45) is 11.1 Å². The minimum Gasteiger partial charge on any atom is -0.496 e. The van der Waals surface area contributed by atoms with E-state index in [-0.39, 0.29) is 17.6 Å². The predicted octanol–water partition coefficient (Wildman–Crippen LogP) is 1.86. The van der Waals surface area contributed by atoms with Gasteiger partial charge in [0.1, 0.15) is 17.4 Å². The summed E-state index contributed by atoms with van der Waals surface area (Å²) in [6.07, 6.45) is 6.17. The van der Waals surface area contributed by atoms with Gasteiger partial charge in [0.05, 0.1) is 36.3 Å². The number of pyridine rings is 1. The monoisotopic (exact) mass is 503 g/mol. The fourth-order valence-electron chi connectivity index (χ4n) is 6.30. The van der Waals surface area contributed by atoms with Gasteiger partial charge in [-0.05, 0) is 44.2 Å². The Hall–Kier alpha value is -3.44. The molecular formula is C26H33N9O2. The molecule has 4 N–H and O–H groups in total. The zero-order chi connectivity index (χ0) is 25.1. The zero-order valence-corrected chi connectivity index (χ0v) is 20.9. The fraction of sp³-hybridized carbons (Fsp3) is 0.538. The first-order valence-corrected chi connectivity index (χ1v) is 13.2. The maximum Gasteiger partial charge on any atom is 0.183 e. The highest BCUT2D eigenvalue weighted by Crippen LogP contribution is 2.43. The topological polar surface area (TPSA) is 133 Å². The van der Waals surface area contributed by atoms with Gasteiger partial charge < -0.3 is 30.3 Å². The van der Waals surface area contributed by atoms with Crippen molar-refractivity contribution in [2.75, 3.05) is 54.0 Å². The summed E-state index contributed by atoms with van der Waals surface area (Å²) in [6, 6.07) is 4.07. The number of piperidine rings is 1. The van der Waals surface area contributed by atoms with Crippen molar-refractivity contribution in [3.63, 3.8) is 0 Å². The molecule has 3 saturated heterocycles. The van der Waals surface area contributed by atoms with E-state index in [1.54, 1.807) is 0 Å². The molecule has 37 heavy (non-hydrogen) atoms. The molecule has 3 aromatic rings. The summed E-state index contributed by atoms with van der Waals surface area (Å²) in [7, 11) is 0. The predicted molar refractivity (Wildman–Crippen MR) is 141 cm³/mol. The molecule has 11 heteroatoms. The van der Waals surface area contributed by atoms with Gasteiger partial charge in [0.2, 0.25) is 0 Å². The molecule has 7 rings (SSSR count). The number of rotatable bonds is 3. The maximum atomic E-state index is 9.92. The van der Waals surface area contributed by atoms with Crippen LogP contribution >= 0.6 is 0 Å². The number of aryl methyl sites for hydroxylation is 1. The average Bonchev–Trinajstić information content (AvgIpc) is 3.63. The van der Waals surface area contributed by atoms with Gasteiger partial charge >= 0.3 is 0 Å². The van der Waals surface area contributed by atoms with Crippen LogP contribution in [-0.4, -0.2) is 81.7 Å². The van der Waals surface area contributed by atoms with E-state index in [0.717, 1.165) is 92.6 Å². The lowest BCUT2D eigenvalue weighted by molar-refractivity contribution is 0.146. The van der Waals surface area contributed by atoms with Crippen molar-refractivity contribution in [3.05, 3.63) is 36.4 Å². The molecule has 3 aromatic heterocycles. The second-order valence-electron chi connectivity index (χ2n) is 10.8. The molecule has 3 fully saturated rings. The number of aromatic amines is 1. The van der Waals surface area contributed by atoms with Gasteiger partial charge in [0, 0.05) is 38.1 Å². The zero-order valence-electron chi connectivity index (χ0n) is 20.9. The summed E-state index contributed by atoms with van der Waals surface area (Å²) in [4.78, 5) is 21.3.